The maximum absolute atomic E-state index is 6.25. The minimum atomic E-state index is 0.0138. The van der Waals surface area contributed by atoms with Gasteiger partial charge in [0.15, 0.2) is 0 Å². The largest absolute Gasteiger partial charge is 0.368 e. The fourth-order valence-electron chi connectivity index (χ4n) is 2.81. The molecule has 2 heteroatoms. The third-order valence-corrected chi connectivity index (χ3v) is 3.38. The van der Waals surface area contributed by atoms with Gasteiger partial charge in [0, 0.05) is 6.04 Å². The molecule has 0 amide bonds. The summed E-state index contributed by atoms with van der Waals surface area (Å²) in [6, 6.07) is 0.682. The highest BCUT2D eigenvalue weighted by atomic mass is 16.5. The molecular formula is C12H23NO. The SMILES string of the molecule is CN1CCC[C@H]1C1(OC(C)(C)C)CC1. The smallest absolute Gasteiger partial charge is 0.0846 e. The first-order valence-electron chi connectivity index (χ1n) is 5.83. The van der Waals surface area contributed by atoms with Crippen LogP contribution < -0.4 is 0 Å². The second kappa shape index (κ2) is 3.21. The molecule has 2 fully saturated rings. The monoisotopic (exact) mass is 197 g/mol. The molecule has 0 aromatic heterocycles. The van der Waals surface area contributed by atoms with Gasteiger partial charge in [-0.15, -0.1) is 0 Å². The highest BCUT2D eigenvalue weighted by molar-refractivity contribution is 5.08. The van der Waals surface area contributed by atoms with Crippen LogP contribution in [-0.4, -0.2) is 35.7 Å². The molecule has 1 heterocycles. The molecule has 0 N–H and O–H groups in total. The average Bonchev–Trinajstić information content (AvgIpc) is 2.62. The Bertz CT molecular complexity index is 215. The number of ether oxygens (including phenoxy) is 1. The summed E-state index contributed by atoms with van der Waals surface area (Å²) < 4.78 is 6.25. The van der Waals surface area contributed by atoms with Crippen molar-refractivity contribution in [2.75, 3.05) is 13.6 Å². The van der Waals surface area contributed by atoms with E-state index in [1.807, 2.05) is 0 Å². The molecule has 0 aromatic rings. The Labute approximate surface area is 87.6 Å². The van der Waals surface area contributed by atoms with Gasteiger partial charge < -0.3 is 9.64 Å². The Hall–Kier alpha value is -0.0800. The standard InChI is InChI=1S/C12H23NO/c1-11(2,3)14-12(7-8-12)10-6-5-9-13(10)4/h10H,5-9H2,1-4H3/t10-/m0/s1. The first-order chi connectivity index (χ1) is 6.43. The summed E-state index contributed by atoms with van der Waals surface area (Å²) in [4.78, 5) is 2.48. The lowest BCUT2D eigenvalue weighted by molar-refractivity contribution is -0.104. The number of likely N-dealkylation sites (N-methyl/N-ethyl adjacent to an activating group) is 1. The number of likely N-dealkylation sites (tertiary alicyclic amines) is 1. The second-order valence-electron chi connectivity index (χ2n) is 5.92. The van der Waals surface area contributed by atoms with E-state index in [9.17, 15) is 0 Å². The van der Waals surface area contributed by atoms with Crippen LogP contribution >= 0.6 is 0 Å². The first kappa shape index (κ1) is 10.4. The molecule has 1 aliphatic carbocycles. The molecule has 0 unspecified atom stereocenters. The summed E-state index contributed by atoms with van der Waals surface area (Å²) in [5, 5.41) is 0. The van der Waals surface area contributed by atoms with Crippen molar-refractivity contribution in [3.63, 3.8) is 0 Å². The molecule has 0 spiro atoms. The van der Waals surface area contributed by atoms with Crippen molar-refractivity contribution in [3.8, 4) is 0 Å². The molecule has 82 valence electrons. The molecule has 0 aromatic carbocycles. The second-order valence-corrected chi connectivity index (χ2v) is 5.92. The van der Waals surface area contributed by atoms with Gasteiger partial charge in [-0.3, -0.25) is 0 Å². The van der Waals surface area contributed by atoms with E-state index < -0.39 is 0 Å². The van der Waals surface area contributed by atoms with Gasteiger partial charge in [-0.25, -0.2) is 0 Å². The van der Waals surface area contributed by atoms with Gasteiger partial charge in [0.1, 0.15) is 0 Å². The lowest BCUT2D eigenvalue weighted by Gasteiger charge is -2.35. The zero-order valence-corrected chi connectivity index (χ0v) is 9.97. The van der Waals surface area contributed by atoms with Gasteiger partial charge in [-0.2, -0.15) is 0 Å². The molecule has 2 aliphatic rings. The molecule has 1 atom stereocenters. The molecule has 1 aliphatic heterocycles. The maximum atomic E-state index is 6.25. The van der Waals surface area contributed by atoms with E-state index in [1.54, 1.807) is 0 Å². The summed E-state index contributed by atoms with van der Waals surface area (Å²) in [6.07, 6.45) is 5.20. The Morgan fingerprint density at radius 3 is 2.29 bits per heavy atom. The van der Waals surface area contributed by atoms with Gasteiger partial charge >= 0.3 is 0 Å². The molecule has 2 rings (SSSR count). The van der Waals surface area contributed by atoms with Gasteiger partial charge in [-0.1, -0.05) is 0 Å². The van der Waals surface area contributed by atoms with Crippen molar-refractivity contribution in [2.45, 2.75) is 63.7 Å². The lowest BCUT2D eigenvalue weighted by atomic mass is 10.0. The van der Waals surface area contributed by atoms with Gasteiger partial charge in [0.05, 0.1) is 11.2 Å². The zero-order valence-electron chi connectivity index (χ0n) is 9.97. The number of nitrogens with zero attached hydrogens (tertiary/aromatic N) is 1. The maximum Gasteiger partial charge on any atom is 0.0846 e. The number of hydrogen-bond acceptors (Lipinski definition) is 2. The molecular weight excluding hydrogens is 174 g/mol. The fraction of sp³-hybridized carbons (Fsp3) is 1.00. The van der Waals surface area contributed by atoms with Crippen molar-refractivity contribution in [3.05, 3.63) is 0 Å². The Balaban J connectivity index is 2.02. The summed E-state index contributed by atoms with van der Waals surface area (Å²) in [5.41, 5.74) is 0.226. The van der Waals surface area contributed by atoms with Gasteiger partial charge in [-0.05, 0) is 60.0 Å². The van der Waals surface area contributed by atoms with E-state index in [-0.39, 0.29) is 11.2 Å². The minimum absolute atomic E-state index is 0.0138. The Kier molecular flexibility index (Phi) is 2.39. The highest BCUT2D eigenvalue weighted by Crippen LogP contribution is 2.49. The normalized spacial score (nSPS) is 32.1. The van der Waals surface area contributed by atoms with Crippen molar-refractivity contribution in [1.29, 1.82) is 0 Å². The zero-order chi connectivity index (χ0) is 10.4. The van der Waals surface area contributed by atoms with E-state index in [0.717, 1.165) is 0 Å². The summed E-state index contributed by atoms with van der Waals surface area (Å²) in [6.45, 7) is 7.76. The van der Waals surface area contributed by atoms with Crippen LogP contribution in [0, 0.1) is 0 Å². The van der Waals surface area contributed by atoms with Crippen molar-refractivity contribution < 1.29 is 4.74 Å². The van der Waals surface area contributed by atoms with Crippen LogP contribution in [0.3, 0.4) is 0 Å². The summed E-state index contributed by atoms with van der Waals surface area (Å²) in [5.74, 6) is 0. The predicted octanol–water partition coefficient (Wildman–Crippen LogP) is 2.43. The number of hydrogen-bond donors (Lipinski definition) is 0. The van der Waals surface area contributed by atoms with Gasteiger partial charge in [0.25, 0.3) is 0 Å². The average molecular weight is 197 g/mol. The topological polar surface area (TPSA) is 12.5 Å². The molecule has 0 radical (unpaired) electrons. The van der Waals surface area contributed by atoms with Crippen LogP contribution in [0.15, 0.2) is 0 Å². The lowest BCUT2D eigenvalue weighted by Crippen LogP contribution is -2.44. The van der Waals surface area contributed by atoms with E-state index in [1.165, 1.54) is 32.2 Å². The van der Waals surface area contributed by atoms with Crippen LogP contribution in [0.5, 0.6) is 0 Å². The quantitative estimate of drug-likeness (QED) is 0.674. The van der Waals surface area contributed by atoms with E-state index in [2.05, 4.69) is 32.7 Å². The molecule has 14 heavy (non-hydrogen) atoms. The van der Waals surface area contributed by atoms with Crippen molar-refractivity contribution in [1.82, 2.24) is 4.90 Å². The molecule has 1 saturated carbocycles. The van der Waals surface area contributed by atoms with Crippen molar-refractivity contribution >= 4 is 0 Å². The Morgan fingerprint density at radius 1 is 1.29 bits per heavy atom. The molecule has 0 bridgehead atoms. The van der Waals surface area contributed by atoms with Crippen LogP contribution in [0.1, 0.15) is 46.5 Å². The molecule has 2 nitrogen and oxygen atoms in total. The third-order valence-electron chi connectivity index (χ3n) is 3.38. The van der Waals surface area contributed by atoms with Crippen molar-refractivity contribution in [2.24, 2.45) is 0 Å². The van der Waals surface area contributed by atoms with E-state index in [4.69, 9.17) is 4.74 Å². The van der Waals surface area contributed by atoms with Crippen LogP contribution in [0.25, 0.3) is 0 Å². The first-order valence-corrected chi connectivity index (χ1v) is 5.83. The van der Waals surface area contributed by atoms with Crippen LogP contribution in [-0.2, 0) is 4.74 Å². The van der Waals surface area contributed by atoms with Crippen LogP contribution in [0.2, 0.25) is 0 Å². The summed E-state index contributed by atoms with van der Waals surface area (Å²) >= 11 is 0. The molecule has 1 saturated heterocycles. The van der Waals surface area contributed by atoms with E-state index in [0.29, 0.717) is 6.04 Å². The third kappa shape index (κ3) is 1.96. The predicted molar refractivity (Wildman–Crippen MR) is 58.5 cm³/mol. The Morgan fingerprint density at radius 2 is 1.93 bits per heavy atom. The summed E-state index contributed by atoms with van der Waals surface area (Å²) in [7, 11) is 2.24. The minimum Gasteiger partial charge on any atom is -0.368 e. The van der Waals surface area contributed by atoms with Crippen LogP contribution in [0.4, 0.5) is 0 Å². The number of rotatable bonds is 2. The van der Waals surface area contributed by atoms with E-state index >= 15 is 0 Å². The van der Waals surface area contributed by atoms with Gasteiger partial charge in [0.2, 0.25) is 0 Å². The highest BCUT2D eigenvalue weighted by Gasteiger charge is 2.54. The fourth-order valence-corrected chi connectivity index (χ4v) is 2.81.